The van der Waals surface area contributed by atoms with E-state index in [4.69, 9.17) is 0 Å². The molecular formula is C15H20FN3O3. The normalized spacial score (nSPS) is 15.5. The zero-order valence-electron chi connectivity index (χ0n) is 12.4. The molecule has 1 fully saturated rings. The van der Waals surface area contributed by atoms with Crippen molar-refractivity contribution in [1.82, 2.24) is 15.5 Å². The van der Waals surface area contributed by atoms with Crippen molar-refractivity contribution in [3.05, 3.63) is 29.6 Å². The number of phenols is 1. The van der Waals surface area contributed by atoms with Gasteiger partial charge in [-0.15, -0.1) is 0 Å². The Morgan fingerprint density at radius 1 is 1.36 bits per heavy atom. The smallest absolute Gasteiger partial charge is 0.317 e. The van der Waals surface area contributed by atoms with Crippen LogP contribution >= 0.6 is 0 Å². The van der Waals surface area contributed by atoms with Gasteiger partial charge in [-0.3, -0.25) is 4.79 Å². The Kier molecular flexibility index (Phi) is 5.19. The minimum Gasteiger partial charge on any atom is -0.505 e. The molecule has 0 atom stereocenters. The summed E-state index contributed by atoms with van der Waals surface area (Å²) in [6, 6.07) is 3.37. The fraction of sp³-hybridized carbons (Fsp3) is 0.467. The molecule has 0 bridgehead atoms. The van der Waals surface area contributed by atoms with Crippen molar-refractivity contribution in [2.45, 2.75) is 25.8 Å². The number of nitrogens with zero attached hydrogens (tertiary/aromatic N) is 1. The summed E-state index contributed by atoms with van der Waals surface area (Å²) in [4.78, 5) is 25.5. The molecule has 1 heterocycles. The third-order valence-electron chi connectivity index (χ3n) is 3.65. The van der Waals surface area contributed by atoms with Crippen LogP contribution in [0.2, 0.25) is 0 Å². The summed E-state index contributed by atoms with van der Waals surface area (Å²) in [6.45, 7) is 3.60. The summed E-state index contributed by atoms with van der Waals surface area (Å²) in [6.07, 6.45) is 1.33. The summed E-state index contributed by atoms with van der Waals surface area (Å²) < 4.78 is 13.0. The van der Waals surface area contributed by atoms with Gasteiger partial charge in [0, 0.05) is 31.2 Å². The van der Waals surface area contributed by atoms with E-state index >= 15 is 0 Å². The van der Waals surface area contributed by atoms with Gasteiger partial charge < -0.3 is 20.6 Å². The summed E-state index contributed by atoms with van der Waals surface area (Å²) in [5.41, 5.74) is 0.213. The third-order valence-corrected chi connectivity index (χ3v) is 3.65. The maximum absolute atomic E-state index is 13.0. The average Bonchev–Trinajstić information content (AvgIpc) is 2.51. The Hall–Kier alpha value is -2.31. The van der Waals surface area contributed by atoms with Crippen molar-refractivity contribution in [2.24, 2.45) is 0 Å². The lowest BCUT2D eigenvalue weighted by Crippen LogP contribution is -2.49. The summed E-state index contributed by atoms with van der Waals surface area (Å²) >= 11 is 0. The van der Waals surface area contributed by atoms with Crippen molar-refractivity contribution in [3.8, 4) is 5.75 Å². The number of benzene rings is 1. The highest BCUT2D eigenvalue weighted by Crippen LogP contribution is 2.17. The summed E-state index contributed by atoms with van der Waals surface area (Å²) in [7, 11) is 0. The number of phenolic OH excluding ortho intramolecular Hbond substituents is 1. The minimum atomic E-state index is -0.758. The second-order valence-corrected chi connectivity index (χ2v) is 5.24. The van der Waals surface area contributed by atoms with Crippen LogP contribution in [0.4, 0.5) is 9.18 Å². The molecule has 3 N–H and O–H groups in total. The van der Waals surface area contributed by atoms with Gasteiger partial charge in [-0.05, 0) is 38.0 Å². The van der Waals surface area contributed by atoms with Crippen LogP contribution in [0.25, 0.3) is 0 Å². The average molecular weight is 309 g/mol. The van der Waals surface area contributed by atoms with E-state index in [1.807, 2.05) is 6.92 Å². The molecule has 2 rings (SSSR count). The Labute approximate surface area is 128 Å². The maximum atomic E-state index is 13.0. The molecular weight excluding hydrogens is 289 g/mol. The molecule has 1 aromatic rings. The first-order chi connectivity index (χ1) is 10.5. The Morgan fingerprint density at radius 3 is 2.64 bits per heavy atom. The molecule has 1 aliphatic heterocycles. The van der Waals surface area contributed by atoms with Gasteiger partial charge in [-0.1, -0.05) is 0 Å². The predicted octanol–water partition coefficient (Wildman–Crippen LogP) is 1.45. The molecule has 0 unspecified atom stereocenters. The van der Waals surface area contributed by atoms with Crippen LogP contribution in [0.3, 0.4) is 0 Å². The van der Waals surface area contributed by atoms with Gasteiger partial charge in [0.25, 0.3) is 5.91 Å². The van der Waals surface area contributed by atoms with E-state index in [1.165, 1.54) is 6.07 Å². The molecule has 0 saturated carbocycles. The molecule has 0 radical (unpaired) electrons. The molecule has 0 aromatic heterocycles. The first-order valence-electron chi connectivity index (χ1n) is 7.33. The van der Waals surface area contributed by atoms with E-state index in [0.29, 0.717) is 32.5 Å². The monoisotopic (exact) mass is 309 g/mol. The number of likely N-dealkylation sites (tertiary alicyclic amines) is 1. The van der Waals surface area contributed by atoms with E-state index in [9.17, 15) is 19.1 Å². The van der Waals surface area contributed by atoms with E-state index in [1.54, 1.807) is 4.90 Å². The highest BCUT2D eigenvalue weighted by Gasteiger charge is 2.24. The highest BCUT2D eigenvalue weighted by molar-refractivity contribution is 5.94. The topological polar surface area (TPSA) is 81.7 Å². The Bertz CT molecular complexity index is 557. The lowest BCUT2D eigenvalue weighted by molar-refractivity contribution is 0.0917. The van der Waals surface area contributed by atoms with Gasteiger partial charge in [0.1, 0.15) is 0 Å². The fourth-order valence-electron chi connectivity index (χ4n) is 2.41. The number of nitrogens with one attached hydrogen (secondary N) is 2. The molecule has 0 aliphatic carbocycles. The molecule has 1 aliphatic rings. The number of rotatable bonds is 3. The standard InChI is InChI=1S/C15H20FN3O3/c1-2-17-15(22)19-7-5-11(6-8-19)18-14(21)10-3-4-12(16)13(20)9-10/h3-4,9,11,20H,2,5-8H2,1H3,(H,17,22)(H,18,21). The van der Waals surface area contributed by atoms with Crippen LogP contribution in [-0.2, 0) is 0 Å². The van der Waals surface area contributed by atoms with Gasteiger partial charge in [-0.25, -0.2) is 9.18 Å². The molecule has 3 amide bonds. The van der Waals surface area contributed by atoms with Gasteiger partial charge in [0.2, 0.25) is 0 Å². The van der Waals surface area contributed by atoms with Crippen LogP contribution < -0.4 is 10.6 Å². The number of aromatic hydroxyl groups is 1. The number of carbonyl (C=O) groups excluding carboxylic acids is 2. The van der Waals surface area contributed by atoms with Crippen LogP contribution in [0.1, 0.15) is 30.1 Å². The first kappa shape index (κ1) is 16.1. The molecule has 120 valence electrons. The number of piperidine rings is 1. The lowest BCUT2D eigenvalue weighted by atomic mass is 10.0. The van der Waals surface area contributed by atoms with Gasteiger partial charge in [0.05, 0.1) is 0 Å². The van der Waals surface area contributed by atoms with Crippen molar-refractivity contribution in [1.29, 1.82) is 0 Å². The van der Waals surface area contributed by atoms with E-state index < -0.39 is 11.6 Å². The van der Waals surface area contributed by atoms with Crippen LogP contribution in [0, 0.1) is 5.82 Å². The molecule has 6 nitrogen and oxygen atoms in total. The van der Waals surface area contributed by atoms with Crippen molar-refractivity contribution in [3.63, 3.8) is 0 Å². The zero-order valence-corrected chi connectivity index (χ0v) is 12.4. The van der Waals surface area contributed by atoms with Crippen LogP contribution in [0.15, 0.2) is 18.2 Å². The summed E-state index contributed by atoms with van der Waals surface area (Å²) in [5, 5.41) is 14.9. The maximum Gasteiger partial charge on any atom is 0.317 e. The number of hydrogen-bond donors (Lipinski definition) is 3. The molecule has 0 spiro atoms. The van der Waals surface area contributed by atoms with Gasteiger partial charge in [-0.2, -0.15) is 0 Å². The van der Waals surface area contributed by atoms with Gasteiger partial charge >= 0.3 is 6.03 Å². The minimum absolute atomic E-state index is 0.0367. The number of hydrogen-bond acceptors (Lipinski definition) is 3. The highest BCUT2D eigenvalue weighted by atomic mass is 19.1. The van der Waals surface area contributed by atoms with Crippen LogP contribution in [-0.4, -0.2) is 47.6 Å². The Balaban J connectivity index is 1.86. The first-order valence-corrected chi connectivity index (χ1v) is 7.33. The fourth-order valence-corrected chi connectivity index (χ4v) is 2.41. The lowest BCUT2D eigenvalue weighted by Gasteiger charge is -2.32. The largest absolute Gasteiger partial charge is 0.505 e. The number of carbonyl (C=O) groups is 2. The SMILES string of the molecule is CCNC(=O)N1CCC(NC(=O)c2ccc(F)c(O)c2)CC1. The molecule has 7 heteroatoms. The van der Waals surface area contributed by atoms with E-state index in [2.05, 4.69) is 10.6 Å². The zero-order chi connectivity index (χ0) is 16.1. The van der Waals surface area contributed by atoms with E-state index in [-0.39, 0.29) is 23.5 Å². The number of urea groups is 1. The number of amides is 3. The van der Waals surface area contributed by atoms with Crippen molar-refractivity contribution < 1.29 is 19.1 Å². The second-order valence-electron chi connectivity index (χ2n) is 5.24. The van der Waals surface area contributed by atoms with Crippen LogP contribution in [0.5, 0.6) is 5.75 Å². The Morgan fingerprint density at radius 2 is 2.05 bits per heavy atom. The van der Waals surface area contributed by atoms with Crippen molar-refractivity contribution in [2.75, 3.05) is 19.6 Å². The van der Waals surface area contributed by atoms with Crippen molar-refractivity contribution >= 4 is 11.9 Å². The molecule has 1 saturated heterocycles. The summed E-state index contributed by atoms with van der Waals surface area (Å²) in [5.74, 6) is -1.66. The van der Waals surface area contributed by atoms with Gasteiger partial charge in [0.15, 0.2) is 11.6 Å². The number of halogens is 1. The molecule has 1 aromatic carbocycles. The second kappa shape index (κ2) is 7.11. The molecule has 22 heavy (non-hydrogen) atoms. The van der Waals surface area contributed by atoms with E-state index in [0.717, 1.165) is 12.1 Å². The quantitative estimate of drug-likeness (QED) is 0.790. The third kappa shape index (κ3) is 3.87. The predicted molar refractivity (Wildman–Crippen MR) is 79.2 cm³/mol.